The van der Waals surface area contributed by atoms with E-state index in [-0.39, 0.29) is 0 Å². The number of nitrogen functional groups attached to an aromatic ring is 2. The Morgan fingerprint density at radius 1 is 0.327 bits per heavy atom. The van der Waals surface area contributed by atoms with E-state index in [1.54, 1.807) is 11.1 Å². The second-order valence-corrected chi connectivity index (χ2v) is 14.6. The summed E-state index contributed by atoms with van der Waals surface area (Å²) in [6.07, 6.45) is 26.8. The SMILES string of the molecule is CCCCCc1cc(CCCCCCCCCCCc2ccc(Cc3ccc(N)cc3)c(CCCCC)c2)ccc1Cc1ccc(N)cc1. The second-order valence-electron chi connectivity index (χ2n) is 14.6. The van der Waals surface area contributed by atoms with Gasteiger partial charge in [0.05, 0.1) is 0 Å². The molecule has 0 aromatic heterocycles. The van der Waals surface area contributed by atoms with Crippen LogP contribution >= 0.6 is 0 Å². The van der Waals surface area contributed by atoms with Gasteiger partial charge in [-0.1, -0.05) is 145 Å². The fourth-order valence-electron chi connectivity index (χ4n) is 7.22. The maximum atomic E-state index is 5.92. The molecule has 264 valence electrons. The van der Waals surface area contributed by atoms with E-state index in [2.05, 4.69) is 74.5 Å². The summed E-state index contributed by atoms with van der Waals surface area (Å²) in [5.74, 6) is 0. The van der Waals surface area contributed by atoms with Crippen molar-refractivity contribution < 1.29 is 0 Å². The molecule has 4 N–H and O–H groups in total. The number of benzene rings is 4. The summed E-state index contributed by atoms with van der Waals surface area (Å²) in [5, 5.41) is 0. The third-order valence-corrected chi connectivity index (χ3v) is 10.3. The van der Waals surface area contributed by atoms with Crippen LogP contribution in [0.1, 0.15) is 155 Å². The number of nitrogens with two attached hydrogens (primary N) is 2. The molecule has 4 aromatic carbocycles. The van der Waals surface area contributed by atoms with Gasteiger partial charge in [0.25, 0.3) is 0 Å². The summed E-state index contributed by atoms with van der Waals surface area (Å²) < 4.78 is 0. The van der Waals surface area contributed by atoms with Crippen LogP contribution in [0.3, 0.4) is 0 Å². The smallest absolute Gasteiger partial charge is 0.0314 e. The molecule has 0 unspecified atom stereocenters. The first-order chi connectivity index (χ1) is 24.0. The molecule has 4 rings (SSSR count). The van der Waals surface area contributed by atoms with Crippen LogP contribution in [0.5, 0.6) is 0 Å². The molecule has 2 heteroatoms. The molecule has 0 saturated carbocycles. The van der Waals surface area contributed by atoms with Gasteiger partial charge in [0.1, 0.15) is 0 Å². The molecule has 4 aromatic rings. The van der Waals surface area contributed by atoms with Gasteiger partial charge in [0, 0.05) is 11.4 Å². The van der Waals surface area contributed by atoms with Crippen LogP contribution in [0.15, 0.2) is 84.9 Å². The van der Waals surface area contributed by atoms with E-state index in [9.17, 15) is 0 Å². The molecule has 0 heterocycles. The zero-order valence-electron chi connectivity index (χ0n) is 31.1. The van der Waals surface area contributed by atoms with Crippen LogP contribution in [0, 0.1) is 0 Å². The third-order valence-electron chi connectivity index (χ3n) is 10.3. The second kappa shape index (κ2) is 22.2. The van der Waals surface area contributed by atoms with E-state index in [1.165, 1.54) is 155 Å². The van der Waals surface area contributed by atoms with Crippen LogP contribution in [0.4, 0.5) is 11.4 Å². The Morgan fingerprint density at radius 3 is 1.02 bits per heavy atom. The number of anilines is 2. The minimum absolute atomic E-state index is 0.841. The van der Waals surface area contributed by atoms with E-state index >= 15 is 0 Å². The lowest BCUT2D eigenvalue weighted by Crippen LogP contribution is -1.99. The lowest BCUT2D eigenvalue weighted by atomic mass is 9.92. The van der Waals surface area contributed by atoms with Gasteiger partial charge >= 0.3 is 0 Å². The standard InChI is InChI=1S/C47H66N2/c1-3-5-14-20-42-34-38(22-28-44(42)36-40-24-30-46(48)31-25-40)18-16-12-10-8-7-9-11-13-17-19-39-23-29-45(43(35-39)21-15-6-4-2)37-41-26-32-47(49)33-27-41/h22-35H,3-21,36-37,48-49H2,1-2H3. The number of rotatable bonds is 24. The fourth-order valence-corrected chi connectivity index (χ4v) is 7.22. The zero-order valence-corrected chi connectivity index (χ0v) is 31.1. The topological polar surface area (TPSA) is 52.0 Å². The monoisotopic (exact) mass is 659 g/mol. The van der Waals surface area contributed by atoms with Crippen molar-refractivity contribution >= 4 is 11.4 Å². The molecule has 0 fully saturated rings. The van der Waals surface area contributed by atoms with Gasteiger partial charge in [-0.05, 0) is 133 Å². The third kappa shape index (κ3) is 14.5. The number of aryl methyl sites for hydroxylation is 4. The van der Waals surface area contributed by atoms with Crippen molar-refractivity contribution in [2.24, 2.45) is 0 Å². The van der Waals surface area contributed by atoms with Crippen molar-refractivity contribution in [2.75, 3.05) is 11.5 Å². The van der Waals surface area contributed by atoms with Crippen molar-refractivity contribution in [1.82, 2.24) is 0 Å². The maximum absolute atomic E-state index is 5.92. The normalized spacial score (nSPS) is 11.3. The molecule has 0 aliphatic carbocycles. The van der Waals surface area contributed by atoms with Crippen molar-refractivity contribution in [1.29, 1.82) is 0 Å². The summed E-state index contributed by atoms with van der Waals surface area (Å²) in [4.78, 5) is 0. The highest BCUT2D eigenvalue weighted by atomic mass is 14.5. The highest BCUT2D eigenvalue weighted by Crippen LogP contribution is 2.23. The minimum Gasteiger partial charge on any atom is -0.399 e. The molecule has 0 amide bonds. The Morgan fingerprint density at radius 2 is 0.653 bits per heavy atom. The van der Waals surface area contributed by atoms with Gasteiger partial charge in [0.15, 0.2) is 0 Å². The molecule has 0 radical (unpaired) electrons. The fraction of sp³-hybridized carbons (Fsp3) is 0.489. The molecule has 0 aliphatic rings. The summed E-state index contributed by atoms with van der Waals surface area (Å²) in [6, 6.07) is 31.4. The summed E-state index contributed by atoms with van der Waals surface area (Å²) in [7, 11) is 0. The largest absolute Gasteiger partial charge is 0.399 e. The van der Waals surface area contributed by atoms with Gasteiger partial charge < -0.3 is 11.5 Å². The molecule has 0 atom stereocenters. The Hall–Kier alpha value is -3.52. The Balaban J connectivity index is 1.11. The minimum atomic E-state index is 0.841. The Labute approximate surface area is 300 Å². The van der Waals surface area contributed by atoms with Crippen molar-refractivity contribution in [2.45, 2.75) is 149 Å². The zero-order chi connectivity index (χ0) is 34.5. The van der Waals surface area contributed by atoms with E-state index < -0.39 is 0 Å². The average Bonchev–Trinajstić information content (AvgIpc) is 3.11. The van der Waals surface area contributed by atoms with E-state index in [1.807, 2.05) is 24.3 Å². The van der Waals surface area contributed by atoms with Crippen molar-refractivity contribution in [3.05, 3.63) is 129 Å². The van der Waals surface area contributed by atoms with Crippen molar-refractivity contribution in [3.63, 3.8) is 0 Å². The summed E-state index contributed by atoms with van der Waals surface area (Å²) >= 11 is 0. The first-order valence-electron chi connectivity index (χ1n) is 19.9. The molecule has 49 heavy (non-hydrogen) atoms. The summed E-state index contributed by atoms with van der Waals surface area (Å²) in [5.41, 5.74) is 25.3. The molecular formula is C47H66N2. The Kier molecular flexibility index (Phi) is 17.4. The van der Waals surface area contributed by atoms with Gasteiger partial charge in [-0.15, -0.1) is 0 Å². The average molecular weight is 659 g/mol. The Bertz CT molecular complexity index is 1350. The van der Waals surface area contributed by atoms with Crippen LogP contribution in [-0.4, -0.2) is 0 Å². The van der Waals surface area contributed by atoms with Crippen molar-refractivity contribution in [3.8, 4) is 0 Å². The predicted molar refractivity (Wildman–Crippen MR) is 216 cm³/mol. The molecule has 0 bridgehead atoms. The predicted octanol–water partition coefficient (Wildman–Crippen LogP) is 12.8. The van der Waals surface area contributed by atoms with Gasteiger partial charge in [-0.3, -0.25) is 0 Å². The molecule has 2 nitrogen and oxygen atoms in total. The van der Waals surface area contributed by atoms with E-state index in [0.717, 1.165) is 24.2 Å². The lowest BCUT2D eigenvalue weighted by Gasteiger charge is -2.13. The van der Waals surface area contributed by atoms with Crippen LogP contribution < -0.4 is 11.5 Å². The van der Waals surface area contributed by atoms with Gasteiger partial charge in [-0.25, -0.2) is 0 Å². The quantitative estimate of drug-likeness (QED) is 0.0581. The van der Waals surface area contributed by atoms with E-state index in [0.29, 0.717) is 0 Å². The van der Waals surface area contributed by atoms with E-state index in [4.69, 9.17) is 11.5 Å². The highest BCUT2D eigenvalue weighted by molar-refractivity contribution is 5.43. The molecule has 0 aliphatic heterocycles. The summed E-state index contributed by atoms with van der Waals surface area (Å²) in [6.45, 7) is 4.59. The first-order valence-corrected chi connectivity index (χ1v) is 19.9. The lowest BCUT2D eigenvalue weighted by molar-refractivity contribution is 0.558. The first kappa shape index (κ1) is 38.3. The molecule has 0 spiro atoms. The van der Waals surface area contributed by atoms with Gasteiger partial charge in [-0.2, -0.15) is 0 Å². The number of unbranched alkanes of at least 4 members (excludes halogenated alkanes) is 12. The van der Waals surface area contributed by atoms with Crippen LogP contribution in [0.2, 0.25) is 0 Å². The van der Waals surface area contributed by atoms with Crippen LogP contribution in [-0.2, 0) is 38.5 Å². The number of hydrogen-bond acceptors (Lipinski definition) is 2. The van der Waals surface area contributed by atoms with Crippen LogP contribution in [0.25, 0.3) is 0 Å². The maximum Gasteiger partial charge on any atom is 0.0314 e. The highest BCUT2D eigenvalue weighted by Gasteiger charge is 2.08. The number of hydrogen-bond donors (Lipinski definition) is 2. The van der Waals surface area contributed by atoms with Gasteiger partial charge in [0.2, 0.25) is 0 Å². The molecule has 0 saturated heterocycles. The molecular weight excluding hydrogens is 593 g/mol.